The lowest BCUT2D eigenvalue weighted by atomic mass is 9.85. The Labute approximate surface area is 127 Å². The normalized spacial score (nSPS) is 33.6. The van der Waals surface area contributed by atoms with Crippen molar-refractivity contribution in [1.82, 2.24) is 0 Å². The Morgan fingerprint density at radius 2 is 1.77 bits per heavy atom. The maximum Gasteiger partial charge on any atom is 0.218 e. The predicted octanol–water partition coefficient (Wildman–Crippen LogP) is -3.71. The number of aliphatic hydroxyl groups is 6. The zero-order valence-electron chi connectivity index (χ0n) is 11.6. The van der Waals surface area contributed by atoms with E-state index in [-0.39, 0.29) is 12.8 Å². The van der Waals surface area contributed by atoms with E-state index in [0.29, 0.717) is 0 Å². The van der Waals surface area contributed by atoms with Gasteiger partial charge in [0.2, 0.25) is 10.4 Å². The average Bonchev–Trinajstić information content (AvgIpc) is 2.69. The molecule has 0 aromatic heterocycles. The molecule has 1 aliphatic rings. The molecular formula is C11H21O10S-. The van der Waals surface area contributed by atoms with Crippen molar-refractivity contribution < 1.29 is 47.8 Å². The van der Waals surface area contributed by atoms with E-state index >= 15 is 0 Å². The first-order chi connectivity index (χ1) is 10.1. The van der Waals surface area contributed by atoms with E-state index < -0.39 is 66.0 Å². The molecule has 0 radical (unpaired) electrons. The van der Waals surface area contributed by atoms with Gasteiger partial charge in [0.1, 0.15) is 6.10 Å². The third-order valence-corrected chi connectivity index (χ3v) is 4.39. The van der Waals surface area contributed by atoms with Crippen molar-refractivity contribution >= 4 is 10.4 Å². The fourth-order valence-electron chi connectivity index (χ4n) is 2.89. The predicted molar refractivity (Wildman–Crippen MR) is 69.0 cm³/mol. The number of aliphatic hydroxyl groups excluding tert-OH is 6. The third-order valence-electron chi connectivity index (χ3n) is 3.90. The van der Waals surface area contributed by atoms with E-state index in [9.17, 15) is 33.4 Å². The van der Waals surface area contributed by atoms with Crippen LogP contribution in [0.4, 0.5) is 0 Å². The molecule has 22 heavy (non-hydrogen) atoms. The quantitative estimate of drug-likeness (QED) is 0.188. The summed E-state index contributed by atoms with van der Waals surface area (Å²) in [6, 6.07) is 0. The molecule has 0 bridgehead atoms. The summed E-state index contributed by atoms with van der Waals surface area (Å²) in [4.78, 5) is 0. The third kappa shape index (κ3) is 5.08. The first-order valence-electron chi connectivity index (χ1n) is 6.68. The van der Waals surface area contributed by atoms with Crippen molar-refractivity contribution in [3.8, 4) is 0 Å². The molecule has 0 spiro atoms. The molecule has 10 nitrogen and oxygen atoms in total. The van der Waals surface area contributed by atoms with Crippen LogP contribution in [0.15, 0.2) is 0 Å². The van der Waals surface area contributed by atoms with E-state index in [0.717, 1.165) is 0 Å². The average molecular weight is 345 g/mol. The van der Waals surface area contributed by atoms with Crippen molar-refractivity contribution in [3.63, 3.8) is 0 Å². The molecular weight excluding hydrogens is 324 g/mol. The van der Waals surface area contributed by atoms with Gasteiger partial charge in [-0.2, -0.15) is 0 Å². The van der Waals surface area contributed by atoms with Gasteiger partial charge in [-0.25, -0.2) is 8.42 Å². The molecule has 11 heteroatoms. The van der Waals surface area contributed by atoms with Crippen LogP contribution in [0.2, 0.25) is 0 Å². The zero-order valence-corrected chi connectivity index (χ0v) is 12.4. The van der Waals surface area contributed by atoms with E-state index in [2.05, 4.69) is 4.18 Å². The number of rotatable bonds is 8. The number of hydrogen-bond acceptors (Lipinski definition) is 10. The number of hydrogen-bond donors (Lipinski definition) is 6. The first-order valence-corrected chi connectivity index (χ1v) is 8.02. The molecule has 1 fully saturated rings. The van der Waals surface area contributed by atoms with Gasteiger partial charge < -0.3 is 35.2 Å². The Hall–Kier alpha value is -0.370. The molecule has 0 amide bonds. The van der Waals surface area contributed by atoms with Gasteiger partial charge in [0.05, 0.1) is 37.6 Å². The largest absolute Gasteiger partial charge is 0.726 e. The Kier molecular flexibility index (Phi) is 7.11. The summed E-state index contributed by atoms with van der Waals surface area (Å²) in [7, 11) is -5.13. The van der Waals surface area contributed by atoms with E-state index in [1.807, 2.05) is 0 Å². The van der Waals surface area contributed by atoms with Crippen molar-refractivity contribution in [2.24, 2.45) is 11.8 Å². The van der Waals surface area contributed by atoms with Crippen LogP contribution in [0.5, 0.6) is 0 Å². The van der Waals surface area contributed by atoms with Gasteiger partial charge in [-0.15, -0.1) is 0 Å². The van der Waals surface area contributed by atoms with E-state index in [1.54, 1.807) is 0 Å². The van der Waals surface area contributed by atoms with Crippen molar-refractivity contribution in [1.29, 1.82) is 0 Å². The molecule has 1 rings (SSSR count). The fraction of sp³-hybridized carbons (Fsp3) is 1.00. The highest BCUT2D eigenvalue weighted by atomic mass is 32.3. The molecule has 7 atom stereocenters. The molecule has 0 aromatic rings. The summed E-state index contributed by atoms with van der Waals surface area (Å²) in [5.74, 6) is -1.62. The van der Waals surface area contributed by atoms with Crippen molar-refractivity contribution in [2.45, 2.75) is 43.4 Å². The van der Waals surface area contributed by atoms with Crippen LogP contribution < -0.4 is 0 Å². The minimum absolute atomic E-state index is 0.0117. The topological polar surface area (TPSA) is 188 Å². The van der Waals surface area contributed by atoms with E-state index in [1.165, 1.54) is 0 Å². The minimum Gasteiger partial charge on any atom is -0.726 e. The Bertz CT molecular complexity index is 440. The Morgan fingerprint density at radius 1 is 1.18 bits per heavy atom. The molecule has 0 saturated heterocycles. The van der Waals surface area contributed by atoms with Crippen LogP contribution in [0.3, 0.4) is 0 Å². The van der Waals surface area contributed by atoms with Crippen LogP contribution in [0.1, 0.15) is 12.8 Å². The smallest absolute Gasteiger partial charge is 0.218 e. The van der Waals surface area contributed by atoms with Crippen LogP contribution in [0.25, 0.3) is 0 Å². The lowest BCUT2D eigenvalue weighted by Crippen LogP contribution is -2.40. The monoisotopic (exact) mass is 345 g/mol. The van der Waals surface area contributed by atoms with Gasteiger partial charge >= 0.3 is 0 Å². The van der Waals surface area contributed by atoms with Crippen LogP contribution in [0, 0.1) is 11.8 Å². The van der Waals surface area contributed by atoms with Crippen LogP contribution in [-0.2, 0) is 14.6 Å². The lowest BCUT2D eigenvalue weighted by Gasteiger charge is -2.29. The van der Waals surface area contributed by atoms with Gasteiger partial charge in [0.25, 0.3) is 0 Å². The van der Waals surface area contributed by atoms with Gasteiger partial charge in [-0.1, -0.05) is 0 Å². The molecule has 0 aliphatic heterocycles. The van der Waals surface area contributed by atoms with Gasteiger partial charge in [0, 0.05) is 5.92 Å². The molecule has 132 valence electrons. The maximum absolute atomic E-state index is 10.5. The molecule has 0 aromatic carbocycles. The van der Waals surface area contributed by atoms with Crippen molar-refractivity contribution in [2.75, 3.05) is 13.2 Å². The summed E-state index contributed by atoms with van der Waals surface area (Å²) in [5.41, 5.74) is 0. The maximum atomic E-state index is 10.5. The second-order valence-electron chi connectivity index (χ2n) is 5.41. The Balaban J connectivity index is 2.77. The summed E-state index contributed by atoms with van der Waals surface area (Å²) in [6.45, 7) is -1.61. The highest BCUT2D eigenvalue weighted by molar-refractivity contribution is 7.80. The first kappa shape index (κ1) is 19.7. The summed E-state index contributed by atoms with van der Waals surface area (Å²) in [5, 5.41) is 56.9. The molecule has 0 heterocycles. The fourth-order valence-corrected chi connectivity index (χ4v) is 3.38. The standard InChI is InChI=1S/C11H22O10S/c12-3-8(16)10-5(2-7(15)11(10)17)1-6(14)9(4-13)21-22(18,19)20/h5-17H,1-4H2,(H,18,19,20)/p-1/t5-,6+,7+,8-,9-,10-,11+/m0/s1. The summed E-state index contributed by atoms with van der Waals surface area (Å²) >= 11 is 0. The highest BCUT2D eigenvalue weighted by Crippen LogP contribution is 2.38. The SMILES string of the molecule is O=S(=O)([O-])O[C@@H](CO)[C@H](O)C[C@H]1C[C@@H](O)[C@@H](O)[C@@H]1[C@@H](O)CO. The second kappa shape index (κ2) is 7.95. The van der Waals surface area contributed by atoms with Crippen LogP contribution >= 0.6 is 0 Å². The zero-order chi connectivity index (χ0) is 17.1. The highest BCUT2D eigenvalue weighted by Gasteiger charge is 2.46. The van der Waals surface area contributed by atoms with Gasteiger partial charge in [-0.3, -0.25) is 4.18 Å². The van der Waals surface area contributed by atoms with Gasteiger partial charge in [-0.05, 0) is 18.8 Å². The summed E-state index contributed by atoms with van der Waals surface area (Å²) < 4.78 is 35.6. The van der Waals surface area contributed by atoms with Crippen molar-refractivity contribution in [3.05, 3.63) is 0 Å². The minimum atomic E-state index is -5.13. The Morgan fingerprint density at radius 3 is 2.23 bits per heavy atom. The molecule has 6 N–H and O–H groups in total. The molecule has 1 aliphatic carbocycles. The van der Waals surface area contributed by atoms with Crippen LogP contribution in [-0.4, -0.2) is 87.3 Å². The lowest BCUT2D eigenvalue weighted by molar-refractivity contribution is -0.0563. The van der Waals surface area contributed by atoms with E-state index in [4.69, 9.17) is 10.2 Å². The summed E-state index contributed by atoms with van der Waals surface area (Å²) in [6.07, 6.45) is -7.38. The molecule has 1 saturated carbocycles. The second-order valence-corrected chi connectivity index (χ2v) is 6.42. The molecule has 0 unspecified atom stereocenters. The van der Waals surface area contributed by atoms with Gasteiger partial charge in [0.15, 0.2) is 0 Å².